The lowest BCUT2D eigenvalue weighted by Crippen LogP contribution is -2.28. The van der Waals surface area contributed by atoms with E-state index < -0.39 is 0 Å². The van der Waals surface area contributed by atoms with Gasteiger partial charge in [0.2, 0.25) is 6.41 Å². The molecule has 1 unspecified atom stereocenters. The van der Waals surface area contributed by atoms with Crippen molar-refractivity contribution in [3.63, 3.8) is 0 Å². The van der Waals surface area contributed by atoms with Crippen LogP contribution >= 0.6 is 0 Å². The Labute approximate surface area is 430 Å². The Balaban J connectivity index is 0.00000203. The van der Waals surface area contributed by atoms with Crippen molar-refractivity contribution in [1.82, 2.24) is 9.88 Å². The number of carbonyl (C=O) groups is 3. The van der Waals surface area contributed by atoms with Crippen LogP contribution in [0, 0.1) is 19.3 Å². The molecule has 0 spiro atoms. The van der Waals surface area contributed by atoms with Crippen LogP contribution in [0.5, 0.6) is 5.75 Å². The number of para-hydroxylation sites is 1. The number of Topliss-reactive ketones (excluding diaryl/α,β-unsaturated/α-hetero) is 1. The molecule has 0 bridgehead atoms. The lowest BCUT2D eigenvalue weighted by atomic mass is 9.82. The van der Waals surface area contributed by atoms with E-state index >= 15 is 4.79 Å². The van der Waals surface area contributed by atoms with Crippen LogP contribution in [0.15, 0.2) is 114 Å². The fourth-order valence-corrected chi connectivity index (χ4v) is 8.19. The molecular weight excluding hydrogens is 875 g/mol. The van der Waals surface area contributed by atoms with Gasteiger partial charge in [0.05, 0.1) is 18.0 Å². The minimum Gasteiger partial charge on any atom is -0.494 e. The van der Waals surface area contributed by atoms with Gasteiger partial charge in [0.1, 0.15) is 11.5 Å². The number of aromatic nitrogens is 1. The van der Waals surface area contributed by atoms with Gasteiger partial charge in [0.25, 0.3) is 5.91 Å². The lowest BCUT2D eigenvalue weighted by molar-refractivity contribution is -0.118. The summed E-state index contributed by atoms with van der Waals surface area (Å²) in [5, 5.41) is 2.85. The van der Waals surface area contributed by atoms with E-state index in [1.165, 1.54) is 24.0 Å². The Morgan fingerprint density at radius 2 is 1.41 bits per heavy atom. The highest BCUT2D eigenvalue weighted by molar-refractivity contribution is 6.13. The fourth-order valence-electron chi connectivity index (χ4n) is 8.19. The molecule has 1 heterocycles. The van der Waals surface area contributed by atoms with Gasteiger partial charge in [-0.25, -0.2) is 0 Å². The first kappa shape index (κ1) is 60.7. The second kappa shape index (κ2) is 33.2. The summed E-state index contributed by atoms with van der Waals surface area (Å²) in [6.07, 6.45) is 17.0. The zero-order valence-electron chi connectivity index (χ0n) is 46.1. The monoisotopic (exact) mass is 962 g/mol. The molecule has 0 aliphatic rings. The highest BCUT2D eigenvalue weighted by atomic mass is 16.5. The fraction of sp³-hybridized carbons (Fsp3) is 0.422. The van der Waals surface area contributed by atoms with Crippen molar-refractivity contribution in [3.05, 3.63) is 165 Å². The molecule has 4 aromatic carbocycles. The number of aryl methyl sites for hydroxylation is 2. The molecule has 71 heavy (non-hydrogen) atoms. The summed E-state index contributed by atoms with van der Waals surface area (Å²) in [7, 11) is 1.93. The molecule has 1 atom stereocenters. The SMILES string of the molecule is C#Cc1cc(N(C(=O)C(/C=C(\C)c2cc(CCC)c(CCC(=O)Cc3ccc(OCCC)cc3)cc2C(C)Cc2ccccc2CNC=O)=C(\C)CC)c2ccccc2)c(C)n1C.CC.CC.CCCC. The number of terminal acetylenes is 1. The quantitative estimate of drug-likeness (QED) is 0.0306. The molecule has 0 aliphatic heterocycles. The van der Waals surface area contributed by atoms with Crippen LogP contribution in [0.2, 0.25) is 0 Å². The Bertz CT molecular complexity index is 2500. The van der Waals surface area contributed by atoms with Crippen molar-refractivity contribution in [2.24, 2.45) is 7.05 Å². The maximum Gasteiger partial charge on any atom is 0.262 e. The van der Waals surface area contributed by atoms with Crippen LogP contribution in [0.1, 0.15) is 178 Å². The van der Waals surface area contributed by atoms with Gasteiger partial charge >= 0.3 is 0 Å². The van der Waals surface area contributed by atoms with E-state index in [9.17, 15) is 9.59 Å². The smallest absolute Gasteiger partial charge is 0.262 e. The summed E-state index contributed by atoms with van der Waals surface area (Å²) in [5.41, 5.74) is 13.5. The predicted molar refractivity (Wildman–Crippen MR) is 303 cm³/mol. The number of ether oxygens (including phenoxy) is 1. The van der Waals surface area contributed by atoms with Crippen LogP contribution in [0.25, 0.3) is 5.57 Å². The molecule has 0 aliphatic carbocycles. The van der Waals surface area contributed by atoms with Crippen LogP contribution < -0.4 is 15.0 Å². The molecule has 1 N–H and O–H groups in total. The molecule has 0 radical (unpaired) electrons. The normalized spacial score (nSPS) is 11.5. The maximum absolute atomic E-state index is 15.2. The van der Waals surface area contributed by atoms with Gasteiger partial charge in [0.15, 0.2) is 0 Å². The summed E-state index contributed by atoms with van der Waals surface area (Å²) in [4.78, 5) is 41.9. The number of ketones is 1. The Kier molecular flexibility index (Phi) is 28.4. The Hall–Kier alpha value is -6.39. The number of nitrogens with one attached hydrogen (secondary N) is 1. The highest BCUT2D eigenvalue weighted by Crippen LogP contribution is 2.37. The summed E-state index contributed by atoms with van der Waals surface area (Å²) in [6.45, 7) is 28.2. The van der Waals surface area contributed by atoms with Crippen molar-refractivity contribution in [1.29, 1.82) is 0 Å². The van der Waals surface area contributed by atoms with E-state index in [4.69, 9.17) is 11.2 Å². The van der Waals surface area contributed by atoms with Gasteiger partial charge in [-0.1, -0.05) is 167 Å². The minimum absolute atomic E-state index is 0.0599. The van der Waals surface area contributed by atoms with E-state index in [1.54, 1.807) is 4.90 Å². The zero-order chi connectivity index (χ0) is 52.9. The van der Waals surface area contributed by atoms with E-state index in [2.05, 4.69) is 90.0 Å². The molecule has 0 fully saturated rings. The number of rotatable bonds is 23. The molecule has 7 nitrogen and oxygen atoms in total. The third-order valence-electron chi connectivity index (χ3n) is 12.5. The molecule has 0 saturated heterocycles. The Morgan fingerprint density at radius 1 is 0.789 bits per heavy atom. The molecule has 5 aromatic rings. The number of nitrogens with zero attached hydrogens (tertiary/aromatic N) is 2. The number of carbonyl (C=O) groups excluding carboxylic acids is 3. The van der Waals surface area contributed by atoms with Crippen molar-refractivity contribution >= 4 is 35.0 Å². The topological polar surface area (TPSA) is 80.6 Å². The minimum atomic E-state index is -0.129. The van der Waals surface area contributed by atoms with Crippen molar-refractivity contribution in [3.8, 4) is 18.1 Å². The predicted octanol–water partition coefficient (Wildman–Crippen LogP) is 15.7. The van der Waals surface area contributed by atoms with E-state index in [1.807, 2.05) is 126 Å². The molecule has 7 heteroatoms. The molecule has 382 valence electrons. The highest BCUT2D eigenvalue weighted by Gasteiger charge is 2.27. The lowest BCUT2D eigenvalue weighted by Gasteiger charge is -2.26. The summed E-state index contributed by atoms with van der Waals surface area (Å²) in [5.74, 6) is 3.72. The number of hydrogen-bond acceptors (Lipinski definition) is 4. The number of unbranched alkanes of at least 4 members (excludes halogenated alkanes) is 1. The third kappa shape index (κ3) is 18.1. The second-order valence-electron chi connectivity index (χ2n) is 17.6. The van der Waals surface area contributed by atoms with Gasteiger partial charge in [0, 0.05) is 43.4 Å². The van der Waals surface area contributed by atoms with Gasteiger partial charge in [-0.15, -0.1) is 6.42 Å². The maximum atomic E-state index is 15.2. The third-order valence-corrected chi connectivity index (χ3v) is 12.5. The molecule has 0 saturated carbocycles. The number of benzene rings is 4. The largest absolute Gasteiger partial charge is 0.494 e. The number of allylic oxidation sites excluding steroid dienone is 2. The summed E-state index contributed by atoms with van der Waals surface area (Å²) < 4.78 is 7.70. The second-order valence-corrected chi connectivity index (χ2v) is 17.6. The van der Waals surface area contributed by atoms with E-state index in [-0.39, 0.29) is 17.6 Å². The van der Waals surface area contributed by atoms with Gasteiger partial charge in [-0.2, -0.15) is 0 Å². The summed E-state index contributed by atoms with van der Waals surface area (Å²) in [6, 6.07) is 32.4. The average Bonchev–Trinajstić information content (AvgIpc) is 3.69. The summed E-state index contributed by atoms with van der Waals surface area (Å²) >= 11 is 0. The number of anilines is 2. The molecule has 2 amide bonds. The van der Waals surface area contributed by atoms with Crippen LogP contribution in [-0.2, 0) is 53.7 Å². The van der Waals surface area contributed by atoms with Crippen LogP contribution in [0.4, 0.5) is 11.4 Å². The molecule has 1 aromatic heterocycles. The first-order chi connectivity index (χ1) is 34.3. The number of amides is 2. The van der Waals surface area contributed by atoms with Gasteiger partial charge in [-0.05, 0) is 140 Å². The van der Waals surface area contributed by atoms with Crippen molar-refractivity contribution < 1.29 is 19.1 Å². The zero-order valence-corrected chi connectivity index (χ0v) is 46.1. The molecular formula is C64H87N3O4. The first-order valence-corrected chi connectivity index (χ1v) is 26.4. The van der Waals surface area contributed by atoms with Crippen LogP contribution in [0.3, 0.4) is 0 Å². The first-order valence-electron chi connectivity index (χ1n) is 26.4. The van der Waals surface area contributed by atoms with E-state index in [0.29, 0.717) is 50.1 Å². The molecule has 5 rings (SSSR count). The van der Waals surface area contributed by atoms with E-state index in [0.717, 1.165) is 93.9 Å². The van der Waals surface area contributed by atoms with Gasteiger partial charge < -0.3 is 14.6 Å². The van der Waals surface area contributed by atoms with Crippen molar-refractivity contribution in [2.75, 3.05) is 11.5 Å². The van der Waals surface area contributed by atoms with Gasteiger partial charge in [-0.3, -0.25) is 19.3 Å². The van der Waals surface area contributed by atoms with Crippen LogP contribution in [-0.4, -0.2) is 29.3 Å². The Morgan fingerprint density at radius 3 is 1.97 bits per heavy atom. The average molecular weight is 962 g/mol. The van der Waals surface area contributed by atoms with Crippen molar-refractivity contribution in [2.45, 2.75) is 167 Å². The standard InChI is InChI=1S/C56H65N3O4.C4H10.2C2H6/c1-10-19-44-34-53(41(7)32-54(39(5)12-3)56(62)59(49-22-15-14-16-23-49)55-36-48(13-4)58(9)42(55)8)52(40(6)31-45-20-17-18-21-47(45)37-57-38-60)35-46(44)26-27-50(61)33-43-24-28-51(29-25-43)63-30-11-2;1-3-4-2;2*1-2/h4,14-18,20-25,28-29,32,34-36,38,40H,10-12,19,26-27,30-31,33,37H2,1-3,5-9H3,(H,57,60);3-4H2,1-2H3;2*1-2H3/b41-32+,54-39+;;;. The number of hydrogen-bond donors (Lipinski definition) is 1.